The van der Waals surface area contributed by atoms with Crippen molar-refractivity contribution in [1.82, 2.24) is 5.32 Å². The molecule has 1 aliphatic rings. The summed E-state index contributed by atoms with van der Waals surface area (Å²) in [5.74, 6) is -0.118. The highest BCUT2D eigenvalue weighted by Gasteiger charge is 2.20. The van der Waals surface area contributed by atoms with Crippen LogP contribution in [0, 0.1) is 5.82 Å². The van der Waals surface area contributed by atoms with Crippen molar-refractivity contribution in [2.24, 2.45) is 0 Å². The van der Waals surface area contributed by atoms with Gasteiger partial charge < -0.3 is 10.6 Å². The summed E-state index contributed by atoms with van der Waals surface area (Å²) in [5.41, 5.74) is 4.16. The van der Waals surface area contributed by atoms with E-state index in [4.69, 9.17) is 0 Å². The number of benzene rings is 2. The lowest BCUT2D eigenvalue weighted by molar-refractivity contribution is 0.0951. The monoisotopic (exact) mass is 326 g/mol. The fraction of sp³-hybridized carbons (Fsp3) is 0.350. The quantitative estimate of drug-likeness (QED) is 0.797. The van der Waals surface area contributed by atoms with Gasteiger partial charge in [-0.05, 0) is 74.7 Å². The molecule has 2 aromatic carbocycles. The number of Topliss-reactive ketones (excluding diaryl/α,β-unsaturated/α-hetero) is 1. The highest BCUT2D eigenvalue weighted by Crippen LogP contribution is 2.26. The lowest BCUT2D eigenvalue weighted by atomic mass is 10.0. The maximum Gasteiger partial charge on any atom is 0.179 e. The van der Waals surface area contributed by atoms with Gasteiger partial charge in [0.15, 0.2) is 5.78 Å². The molecular formula is C20H23FN2O. The maximum atomic E-state index is 12.9. The summed E-state index contributed by atoms with van der Waals surface area (Å²) in [5, 5.41) is 6.66. The van der Waals surface area contributed by atoms with Crippen LogP contribution in [-0.2, 0) is 12.8 Å². The number of ketones is 1. The SMILES string of the molecule is CC1Cc2cc(C(=O)C(C)NCCc3ccc(F)cc3)ccc2N1. The summed E-state index contributed by atoms with van der Waals surface area (Å²) >= 11 is 0. The van der Waals surface area contributed by atoms with Gasteiger partial charge in [-0.2, -0.15) is 0 Å². The first-order valence-electron chi connectivity index (χ1n) is 8.44. The second-order valence-electron chi connectivity index (χ2n) is 6.54. The molecule has 1 aliphatic heterocycles. The van der Waals surface area contributed by atoms with Crippen molar-refractivity contribution >= 4 is 11.5 Å². The number of rotatable bonds is 6. The van der Waals surface area contributed by atoms with Gasteiger partial charge in [0.05, 0.1) is 6.04 Å². The third-order valence-electron chi connectivity index (χ3n) is 4.49. The number of carbonyl (C=O) groups excluding carboxylic acids is 1. The topological polar surface area (TPSA) is 41.1 Å². The third-order valence-corrected chi connectivity index (χ3v) is 4.49. The van der Waals surface area contributed by atoms with E-state index in [0.717, 1.165) is 29.7 Å². The van der Waals surface area contributed by atoms with Crippen LogP contribution in [0.3, 0.4) is 0 Å². The molecule has 2 atom stereocenters. The number of fused-ring (bicyclic) bond motifs is 1. The standard InChI is InChI=1S/C20H23FN2O/c1-13-11-17-12-16(5-8-19(17)23-13)20(24)14(2)22-10-9-15-3-6-18(21)7-4-15/h3-8,12-14,22-23H,9-11H2,1-2H3. The molecule has 2 aromatic rings. The minimum atomic E-state index is -0.240. The van der Waals surface area contributed by atoms with Crippen molar-refractivity contribution in [3.63, 3.8) is 0 Å². The number of halogens is 1. The molecule has 4 heteroatoms. The first kappa shape index (κ1) is 16.7. The molecule has 0 bridgehead atoms. The van der Waals surface area contributed by atoms with Gasteiger partial charge >= 0.3 is 0 Å². The van der Waals surface area contributed by atoms with Gasteiger partial charge in [-0.3, -0.25) is 4.79 Å². The number of anilines is 1. The molecular weight excluding hydrogens is 303 g/mol. The van der Waals surface area contributed by atoms with Gasteiger partial charge in [0.1, 0.15) is 5.82 Å². The fourth-order valence-electron chi connectivity index (χ4n) is 3.13. The van der Waals surface area contributed by atoms with Crippen molar-refractivity contribution in [2.45, 2.75) is 38.8 Å². The molecule has 1 heterocycles. The van der Waals surface area contributed by atoms with Gasteiger partial charge in [-0.1, -0.05) is 12.1 Å². The van der Waals surface area contributed by atoms with Crippen LogP contribution in [0.25, 0.3) is 0 Å². The first-order chi connectivity index (χ1) is 11.5. The normalized spacial score (nSPS) is 17.2. The van der Waals surface area contributed by atoms with Crippen LogP contribution in [-0.4, -0.2) is 24.4 Å². The Kier molecular flexibility index (Phi) is 4.95. The minimum Gasteiger partial charge on any atom is -0.382 e. The fourth-order valence-corrected chi connectivity index (χ4v) is 3.13. The van der Waals surface area contributed by atoms with Crippen molar-refractivity contribution in [3.05, 3.63) is 65.0 Å². The molecule has 0 spiro atoms. The van der Waals surface area contributed by atoms with E-state index >= 15 is 0 Å². The summed E-state index contributed by atoms with van der Waals surface area (Å²) in [6.07, 6.45) is 1.73. The highest BCUT2D eigenvalue weighted by atomic mass is 19.1. The lowest BCUT2D eigenvalue weighted by Gasteiger charge is -2.13. The van der Waals surface area contributed by atoms with Crippen LogP contribution in [0.4, 0.5) is 10.1 Å². The van der Waals surface area contributed by atoms with E-state index in [9.17, 15) is 9.18 Å². The zero-order chi connectivity index (χ0) is 17.1. The predicted octanol–water partition coefficient (Wildman–Crippen LogP) is 3.59. The van der Waals surface area contributed by atoms with Crippen molar-refractivity contribution in [1.29, 1.82) is 0 Å². The van der Waals surface area contributed by atoms with Gasteiger partial charge in [0.25, 0.3) is 0 Å². The smallest absolute Gasteiger partial charge is 0.179 e. The van der Waals surface area contributed by atoms with Gasteiger partial charge in [0.2, 0.25) is 0 Å². The lowest BCUT2D eigenvalue weighted by Crippen LogP contribution is -2.35. The zero-order valence-electron chi connectivity index (χ0n) is 14.1. The number of hydrogen-bond acceptors (Lipinski definition) is 3. The maximum absolute atomic E-state index is 12.9. The van der Waals surface area contributed by atoms with Crippen LogP contribution in [0.15, 0.2) is 42.5 Å². The summed E-state index contributed by atoms with van der Waals surface area (Å²) in [4.78, 5) is 12.6. The average Bonchev–Trinajstić information content (AvgIpc) is 2.95. The number of hydrogen-bond donors (Lipinski definition) is 2. The molecule has 0 saturated carbocycles. The molecule has 2 N–H and O–H groups in total. The molecule has 0 aliphatic carbocycles. The first-order valence-corrected chi connectivity index (χ1v) is 8.44. The highest BCUT2D eigenvalue weighted by molar-refractivity contribution is 6.00. The molecule has 0 amide bonds. The molecule has 0 saturated heterocycles. The van der Waals surface area contributed by atoms with Crippen molar-refractivity contribution < 1.29 is 9.18 Å². The predicted molar refractivity (Wildman–Crippen MR) is 95.1 cm³/mol. The second-order valence-corrected chi connectivity index (χ2v) is 6.54. The minimum absolute atomic E-state index is 0.108. The summed E-state index contributed by atoms with van der Waals surface area (Å²) in [7, 11) is 0. The molecule has 0 radical (unpaired) electrons. The number of carbonyl (C=O) groups is 1. The molecule has 0 fully saturated rings. The van der Waals surface area contributed by atoms with E-state index in [2.05, 4.69) is 17.6 Å². The summed E-state index contributed by atoms with van der Waals surface area (Å²) < 4.78 is 12.9. The van der Waals surface area contributed by atoms with Crippen LogP contribution in [0.2, 0.25) is 0 Å². The Bertz CT molecular complexity index is 727. The van der Waals surface area contributed by atoms with Crippen molar-refractivity contribution in [2.75, 3.05) is 11.9 Å². The zero-order valence-corrected chi connectivity index (χ0v) is 14.1. The van der Waals surface area contributed by atoms with Crippen LogP contribution >= 0.6 is 0 Å². The van der Waals surface area contributed by atoms with Crippen LogP contribution in [0.1, 0.15) is 35.3 Å². The summed E-state index contributed by atoms with van der Waals surface area (Å²) in [6.45, 7) is 4.71. The average molecular weight is 326 g/mol. The van der Waals surface area contributed by atoms with Crippen LogP contribution in [0.5, 0.6) is 0 Å². The molecule has 24 heavy (non-hydrogen) atoms. The van der Waals surface area contributed by atoms with E-state index in [0.29, 0.717) is 12.6 Å². The summed E-state index contributed by atoms with van der Waals surface area (Å²) in [6, 6.07) is 12.6. The van der Waals surface area contributed by atoms with E-state index < -0.39 is 0 Å². The molecule has 3 rings (SSSR count). The number of nitrogens with one attached hydrogen (secondary N) is 2. The van der Waals surface area contributed by atoms with E-state index in [1.165, 1.54) is 17.7 Å². The Morgan fingerprint density at radius 1 is 1.29 bits per heavy atom. The van der Waals surface area contributed by atoms with E-state index in [1.54, 1.807) is 12.1 Å². The Morgan fingerprint density at radius 2 is 2.04 bits per heavy atom. The van der Waals surface area contributed by atoms with Gasteiger partial charge in [0, 0.05) is 17.3 Å². The van der Waals surface area contributed by atoms with Crippen LogP contribution < -0.4 is 10.6 Å². The molecule has 0 aromatic heterocycles. The molecule has 126 valence electrons. The van der Waals surface area contributed by atoms with E-state index in [1.807, 2.05) is 25.1 Å². The van der Waals surface area contributed by atoms with Crippen molar-refractivity contribution in [3.8, 4) is 0 Å². The Labute approximate surface area is 142 Å². The second kappa shape index (κ2) is 7.14. The third kappa shape index (κ3) is 3.82. The van der Waals surface area contributed by atoms with E-state index in [-0.39, 0.29) is 17.6 Å². The Hall–Kier alpha value is -2.20. The largest absolute Gasteiger partial charge is 0.382 e. The molecule has 3 nitrogen and oxygen atoms in total. The molecule has 2 unspecified atom stereocenters. The Balaban J connectivity index is 1.55. The van der Waals surface area contributed by atoms with Gasteiger partial charge in [-0.15, -0.1) is 0 Å². The van der Waals surface area contributed by atoms with Gasteiger partial charge in [-0.25, -0.2) is 4.39 Å². The Morgan fingerprint density at radius 3 is 2.79 bits per heavy atom.